The first-order valence-corrected chi connectivity index (χ1v) is 7.42. The van der Waals surface area contributed by atoms with Crippen LogP contribution in [0.2, 0.25) is 0 Å². The molecule has 0 spiro atoms. The number of nitrogens with one attached hydrogen (secondary N) is 1. The first-order chi connectivity index (χ1) is 9.49. The normalized spacial score (nSPS) is 12.4. The Morgan fingerprint density at radius 1 is 1.30 bits per heavy atom. The van der Waals surface area contributed by atoms with Crippen LogP contribution in [0.25, 0.3) is 0 Å². The Balaban J connectivity index is 2.36. The number of nitro benzene ring substituents is 1. The van der Waals surface area contributed by atoms with Crippen LogP contribution in [-0.2, 0) is 0 Å². The molecule has 1 aromatic heterocycles. The fourth-order valence-electron chi connectivity index (χ4n) is 2.13. The highest BCUT2D eigenvalue weighted by Gasteiger charge is 2.21. The fraction of sp³-hybridized carbons (Fsp3) is 0.333. The van der Waals surface area contributed by atoms with E-state index in [2.05, 4.69) is 25.2 Å². The van der Waals surface area contributed by atoms with Crippen molar-refractivity contribution in [2.75, 3.05) is 5.32 Å². The van der Waals surface area contributed by atoms with E-state index in [1.54, 1.807) is 23.5 Å². The van der Waals surface area contributed by atoms with Crippen molar-refractivity contribution < 1.29 is 4.92 Å². The van der Waals surface area contributed by atoms with Gasteiger partial charge in [0.2, 0.25) is 0 Å². The van der Waals surface area contributed by atoms with Crippen LogP contribution in [0.1, 0.15) is 30.3 Å². The summed E-state index contributed by atoms with van der Waals surface area (Å²) in [5, 5.41) is 16.5. The summed E-state index contributed by atoms with van der Waals surface area (Å²) in [4.78, 5) is 12.0. The molecule has 0 aliphatic carbocycles. The minimum absolute atomic E-state index is 0.0792. The third-order valence-corrected chi connectivity index (χ3v) is 4.13. The Labute approximate surface area is 122 Å². The van der Waals surface area contributed by atoms with Crippen molar-refractivity contribution in [3.8, 4) is 0 Å². The summed E-state index contributed by atoms with van der Waals surface area (Å²) < 4.78 is 0. The van der Waals surface area contributed by atoms with Gasteiger partial charge in [-0.3, -0.25) is 10.1 Å². The first kappa shape index (κ1) is 14.5. The molecule has 0 saturated heterocycles. The van der Waals surface area contributed by atoms with E-state index in [9.17, 15) is 10.1 Å². The lowest BCUT2D eigenvalue weighted by Crippen LogP contribution is -2.16. The second-order valence-corrected chi connectivity index (χ2v) is 6.14. The van der Waals surface area contributed by atoms with Crippen LogP contribution < -0.4 is 5.32 Å². The van der Waals surface area contributed by atoms with Gasteiger partial charge in [0, 0.05) is 10.9 Å². The monoisotopic (exact) mass is 290 g/mol. The predicted octanol–water partition coefficient (Wildman–Crippen LogP) is 4.77. The molecule has 5 heteroatoms. The third-order valence-electron chi connectivity index (χ3n) is 3.18. The minimum Gasteiger partial charge on any atom is -0.372 e. The highest BCUT2D eigenvalue weighted by molar-refractivity contribution is 7.10. The smallest absolute Gasteiger partial charge is 0.292 e. The van der Waals surface area contributed by atoms with Crippen molar-refractivity contribution in [3.05, 3.63) is 56.3 Å². The number of hydrogen-bond acceptors (Lipinski definition) is 4. The summed E-state index contributed by atoms with van der Waals surface area (Å²) in [5.74, 6) is 0.341. The highest BCUT2D eigenvalue weighted by Crippen LogP contribution is 2.34. The zero-order valence-electron chi connectivity index (χ0n) is 11.8. The molecule has 2 rings (SSSR count). The third kappa shape index (κ3) is 3.17. The average Bonchev–Trinajstić information content (AvgIpc) is 2.88. The number of thiophene rings is 1. The molecule has 1 N–H and O–H groups in total. The summed E-state index contributed by atoms with van der Waals surface area (Å²) in [6.07, 6.45) is 0. The van der Waals surface area contributed by atoms with Gasteiger partial charge >= 0.3 is 0 Å². The molecule has 20 heavy (non-hydrogen) atoms. The first-order valence-electron chi connectivity index (χ1n) is 6.54. The van der Waals surface area contributed by atoms with E-state index in [4.69, 9.17) is 0 Å². The topological polar surface area (TPSA) is 55.2 Å². The summed E-state index contributed by atoms with van der Waals surface area (Å²) >= 11 is 1.66. The molecule has 106 valence electrons. The van der Waals surface area contributed by atoms with E-state index >= 15 is 0 Å². The Bertz CT molecular complexity index is 594. The number of anilines is 1. The van der Waals surface area contributed by atoms with Crippen molar-refractivity contribution in [2.24, 2.45) is 5.92 Å². The summed E-state index contributed by atoms with van der Waals surface area (Å²) in [7, 11) is 0. The van der Waals surface area contributed by atoms with Crippen LogP contribution in [0.4, 0.5) is 11.4 Å². The Hall–Kier alpha value is -1.88. The van der Waals surface area contributed by atoms with E-state index in [1.807, 2.05) is 24.4 Å². The molecule has 2 aromatic rings. The summed E-state index contributed by atoms with van der Waals surface area (Å²) in [6.45, 7) is 6.16. The van der Waals surface area contributed by atoms with Crippen molar-refractivity contribution in [1.82, 2.24) is 0 Å². The van der Waals surface area contributed by atoms with Gasteiger partial charge in [-0.25, -0.2) is 0 Å². The van der Waals surface area contributed by atoms with Crippen LogP contribution in [0, 0.1) is 23.0 Å². The molecule has 0 bridgehead atoms. The van der Waals surface area contributed by atoms with Gasteiger partial charge in [0.1, 0.15) is 5.69 Å². The summed E-state index contributed by atoms with van der Waals surface area (Å²) in [6, 6.07) is 9.30. The molecule has 1 aromatic carbocycles. The Morgan fingerprint density at radius 2 is 2.05 bits per heavy atom. The molecule has 1 unspecified atom stereocenters. The summed E-state index contributed by atoms with van der Waals surface area (Å²) in [5.41, 5.74) is 1.71. The average molecular weight is 290 g/mol. The highest BCUT2D eigenvalue weighted by atomic mass is 32.1. The van der Waals surface area contributed by atoms with Gasteiger partial charge in [0.25, 0.3) is 5.69 Å². The maximum Gasteiger partial charge on any atom is 0.292 e. The van der Waals surface area contributed by atoms with Crippen molar-refractivity contribution in [1.29, 1.82) is 0 Å². The lowest BCUT2D eigenvalue weighted by Gasteiger charge is -2.22. The van der Waals surface area contributed by atoms with Crippen LogP contribution in [-0.4, -0.2) is 4.92 Å². The number of benzene rings is 1. The second-order valence-electron chi connectivity index (χ2n) is 5.16. The Kier molecular flexibility index (Phi) is 4.39. The van der Waals surface area contributed by atoms with Crippen LogP contribution in [0.3, 0.4) is 0 Å². The van der Waals surface area contributed by atoms with Gasteiger partial charge in [-0.1, -0.05) is 26.0 Å². The van der Waals surface area contributed by atoms with Gasteiger partial charge in [0.05, 0.1) is 11.0 Å². The largest absolute Gasteiger partial charge is 0.372 e. The minimum atomic E-state index is -0.340. The van der Waals surface area contributed by atoms with Gasteiger partial charge in [-0.2, -0.15) is 0 Å². The molecule has 0 radical (unpaired) electrons. The maximum absolute atomic E-state index is 11.1. The van der Waals surface area contributed by atoms with Crippen molar-refractivity contribution in [3.63, 3.8) is 0 Å². The zero-order valence-corrected chi connectivity index (χ0v) is 12.6. The van der Waals surface area contributed by atoms with E-state index in [1.165, 1.54) is 4.88 Å². The fourth-order valence-corrected chi connectivity index (χ4v) is 3.08. The number of nitrogens with zero attached hydrogens (tertiary/aromatic N) is 1. The number of rotatable bonds is 5. The lowest BCUT2D eigenvalue weighted by atomic mass is 10.0. The van der Waals surface area contributed by atoms with Gasteiger partial charge in [0.15, 0.2) is 0 Å². The van der Waals surface area contributed by atoms with E-state index in [0.29, 0.717) is 11.6 Å². The zero-order chi connectivity index (χ0) is 14.7. The maximum atomic E-state index is 11.1. The van der Waals surface area contributed by atoms with Crippen molar-refractivity contribution >= 4 is 22.7 Å². The molecule has 1 atom stereocenters. The van der Waals surface area contributed by atoms with Crippen LogP contribution in [0.15, 0.2) is 35.7 Å². The Morgan fingerprint density at radius 3 is 2.60 bits per heavy atom. The van der Waals surface area contributed by atoms with Crippen LogP contribution in [0.5, 0.6) is 0 Å². The number of aryl methyl sites for hydroxylation is 1. The standard InChI is InChI=1S/C15H18N2O2S/c1-10(2)15(14-5-4-8-20-14)16-12-9-11(3)6-7-13(12)17(18)19/h4-10,15-16H,1-3H3. The van der Waals surface area contributed by atoms with Crippen molar-refractivity contribution in [2.45, 2.75) is 26.8 Å². The molecule has 4 nitrogen and oxygen atoms in total. The molecule has 0 aliphatic rings. The van der Waals surface area contributed by atoms with E-state index < -0.39 is 0 Å². The molecule has 0 aliphatic heterocycles. The molecule has 0 saturated carbocycles. The van der Waals surface area contributed by atoms with E-state index in [0.717, 1.165) is 5.56 Å². The number of nitro groups is 1. The molecular formula is C15H18N2O2S. The van der Waals surface area contributed by atoms with E-state index in [-0.39, 0.29) is 16.7 Å². The lowest BCUT2D eigenvalue weighted by molar-refractivity contribution is -0.384. The molecular weight excluding hydrogens is 272 g/mol. The van der Waals surface area contributed by atoms with Gasteiger partial charge < -0.3 is 5.32 Å². The SMILES string of the molecule is Cc1ccc([N+](=O)[O-])c(NC(c2cccs2)C(C)C)c1. The quantitative estimate of drug-likeness (QED) is 0.637. The second kappa shape index (κ2) is 6.05. The molecule has 1 heterocycles. The molecule has 0 amide bonds. The molecule has 0 fully saturated rings. The van der Waals surface area contributed by atoms with Gasteiger partial charge in [-0.15, -0.1) is 11.3 Å². The van der Waals surface area contributed by atoms with Crippen LogP contribution >= 0.6 is 11.3 Å². The van der Waals surface area contributed by atoms with Gasteiger partial charge in [-0.05, 0) is 35.9 Å². The number of hydrogen-bond donors (Lipinski definition) is 1. The predicted molar refractivity (Wildman–Crippen MR) is 83.4 cm³/mol.